The predicted octanol–water partition coefficient (Wildman–Crippen LogP) is 1.97. The number of ether oxygens (including phenoxy) is 3. The molecule has 1 amide bonds. The van der Waals surface area contributed by atoms with E-state index >= 15 is 0 Å². The van der Waals surface area contributed by atoms with E-state index in [-0.39, 0.29) is 29.9 Å². The number of likely N-dealkylation sites (tertiary alicyclic amines) is 1. The van der Waals surface area contributed by atoms with E-state index in [0.717, 1.165) is 24.0 Å². The minimum atomic E-state index is -0.300. The van der Waals surface area contributed by atoms with Crippen molar-refractivity contribution < 1.29 is 19.0 Å². The maximum Gasteiger partial charge on any atom is 0.294 e. The standard InChI is InChI=1S/C26H34N6O5/c1-5-11-37-12-10-32-21-13-19(18-6-7-22(36-4)27-14-18)15-28-24(21)29-25(26(32)34)30(2)17-23(33)31-9-8-20(16-31)35-3/h6-7,13-15,20H,5,8-12,16-17H2,1-4H3/t20-/m1/s1. The van der Waals surface area contributed by atoms with Crippen LogP contribution in [0.3, 0.4) is 0 Å². The maximum atomic E-state index is 13.6. The van der Waals surface area contributed by atoms with E-state index in [9.17, 15) is 9.59 Å². The lowest BCUT2D eigenvalue weighted by Crippen LogP contribution is -2.41. The summed E-state index contributed by atoms with van der Waals surface area (Å²) < 4.78 is 17.8. The summed E-state index contributed by atoms with van der Waals surface area (Å²) in [5, 5.41) is 0. The van der Waals surface area contributed by atoms with Gasteiger partial charge in [0.25, 0.3) is 5.56 Å². The summed E-state index contributed by atoms with van der Waals surface area (Å²) in [7, 11) is 4.92. The molecule has 3 aromatic rings. The number of likely N-dealkylation sites (N-methyl/N-ethyl adjacent to an activating group) is 1. The Morgan fingerprint density at radius 2 is 1.97 bits per heavy atom. The zero-order chi connectivity index (χ0) is 26.4. The Kier molecular flexibility index (Phi) is 8.67. The van der Waals surface area contributed by atoms with Crippen molar-refractivity contribution in [3.63, 3.8) is 0 Å². The van der Waals surface area contributed by atoms with Crippen LogP contribution >= 0.6 is 0 Å². The summed E-state index contributed by atoms with van der Waals surface area (Å²) in [6, 6.07) is 5.53. The summed E-state index contributed by atoms with van der Waals surface area (Å²) in [5.41, 5.74) is 2.33. The lowest BCUT2D eigenvalue weighted by atomic mass is 10.1. The molecular weight excluding hydrogens is 476 g/mol. The molecule has 11 heteroatoms. The number of carbonyl (C=O) groups is 1. The van der Waals surface area contributed by atoms with Crippen molar-refractivity contribution in [2.45, 2.75) is 32.4 Å². The second kappa shape index (κ2) is 12.1. The predicted molar refractivity (Wildman–Crippen MR) is 140 cm³/mol. The second-order valence-electron chi connectivity index (χ2n) is 9.00. The van der Waals surface area contributed by atoms with Gasteiger partial charge in [0.15, 0.2) is 11.5 Å². The molecule has 0 spiro atoms. The molecule has 0 radical (unpaired) electrons. The second-order valence-corrected chi connectivity index (χ2v) is 9.00. The van der Waals surface area contributed by atoms with Crippen LogP contribution < -0.4 is 15.2 Å². The molecule has 3 aromatic heterocycles. The summed E-state index contributed by atoms with van der Waals surface area (Å²) in [6.45, 7) is 4.57. The summed E-state index contributed by atoms with van der Waals surface area (Å²) in [5.74, 6) is 0.611. The highest BCUT2D eigenvalue weighted by Gasteiger charge is 2.27. The van der Waals surface area contributed by atoms with E-state index in [1.807, 2.05) is 19.1 Å². The molecule has 0 bridgehead atoms. The van der Waals surface area contributed by atoms with Gasteiger partial charge in [-0.1, -0.05) is 6.92 Å². The molecule has 0 aromatic carbocycles. The zero-order valence-electron chi connectivity index (χ0n) is 21.8. The van der Waals surface area contributed by atoms with Gasteiger partial charge in [0.2, 0.25) is 11.8 Å². The molecule has 1 atom stereocenters. The topological polar surface area (TPSA) is 112 Å². The minimum absolute atomic E-state index is 0.0338. The van der Waals surface area contributed by atoms with Crippen LogP contribution in [0.1, 0.15) is 19.8 Å². The highest BCUT2D eigenvalue weighted by atomic mass is 16.5. The number of anilines is 1. The normalized spacial score (nSPS) is 15.4. The number of hydrogen-bond acceptors (Lipinski definition) is 9. The third kappa shape index (κ3) is 6.05. The average Bonchev–Trinajstić information content (AvgIpc) is 3.41. The molecule has 1 aliphatic heterocycles. The van der Waals surface area contributed by atoms with Gasteiger partial charge in [-0.3, -0.25) is 14.2 Å². The molecule has 0 unspecified atom stereocenters. The number of hydrogen-bond donors (Lipinski definition) is 0. The third-order valence-electron chi connectivity index (χ3n) is 6.44. The molecule has 1 fully saturated rings. The van der Waals surface area contributed by atoms with Crippen LogP contribution in [-0.4, -0.2) is 90.5 Å². The van der Waals surface area contributed by atoms with Crippen LogP contribution in [0.15, 0.2) is 35.4 Å². The minimum Gasteiger partial charge on any atom is -0.481 e. The first-order valence-corrected chi connectivity index (χ1v) is 12.5. The molecule has 0 aliphatic carbocycles. The number of rotatable bonds is 11. The first kappa shape index (κ1) is 26.5. The maximum absolute atomic E-state index is 13.6. The molecule has 11 nitrogen and oxygen atoms in total. The number of carbonyl (C=O) groups excluding carboxylic acids is 1. The number of methoxy groups -OCH3 is 2. The van der Waals surface area contributed by atoms with Gasteiger partial charge in [0.05, 0.1) is 31.9 Å². The van der Waals surface area contributed by atoms with Crippen LogP contribution in [-0.2, 0) is 20.8 Å². The highest BCUT2D eigenvalue weighted by Crippen LogP contribution is 2.23. The van der Waals surface area contributed by atoms with Crippen LogP contribution in [0.2, 0.25) is 0 Å². The van der Waals surface area contributed by atoms with Gasteiger partial charge in [-0.15, -0.1) is 0 Å². The number of nitrogens with zero attached hydrogens (tertiary/aromatic N) is 6. The Morgan fingerprint density at radius 1 is 1.16 bits per heavy atom. The molecule has 4 rings (SSSR count). The van der Waals surface area contributed by atoms with E-state index in [1.54, 1.807) is 54.1 Å². The number of amides is 1. The van der Waals surface area contributed by atoms with E-state index < -0.39 is 0 Å². The van der Waals surface area contributed by atoms with Crippen molar-refractivity contribution in [1.29, 1.82) is 0 Å². The number of pyridine rings is 2. The molecule has 37 heavy (non-hydrogen) atoms. The van der Waals surface area contributed by atoms with Crippen LogP contribution in [0, 0.1) is 0 Å². The van der Waals surface area contributed by atoms with E-state index in [2.05, 4.69) is 15.0 Å². The van der Waals surface area contributed by atoms with Gasteiger partial charge in [-0.2, -0.15) is 0 Å². The molecular formula is C26H34N6O5. The van der Waals surface area contributed by atoms with E-state index in [1.165, 1.54) is 0 Å². The SMILES string of the molecule is CCCOCCn1c(=O)c(N(C)CC(=O)N2CC[C@@H](OC)C2)nc2ncc(-c3ccc(OC)nc3)cc21. The fraction of sp³-hybridized carbons (Fsp3) is 0.500. The van der Waals surface area contributed by atoms with Gasteiger partial charge in [-0.25, -0.2) is 15.0 Å². The highest BCUT2D eigenvalue weighted by molar-refractivity contribution is 5.82. The third-order valence-corrected chi connectivity index (χ3v) is 6.44. The monoisotopic (exact) mass is 510 g/mol. The molecule has 4 heterocycles. The van der Waals surface area contributed by atoms with Gasteiger partial charge in [-0.05, 0) is 25.0 Å². The van der Waals surface area contributed by atoms with Crippen molar-refractivity contribution in [2.75, 3.05) is 59.0 Å². The molecule has 0 N–H and O–H groups in total. The lowest BCUT2D eigenvalue weighted by Gasteiger charge is -2.23. The van der Waals surface area contributed by atoms with E-state index in [4.69, 9.17) is 14.2 Å². The van der Waals surface area contributed by atoms with Gasteiger partial charge in [0, 0.05) is 70.0 Å². The summed E-state index contributed by atoms with van der Waals surface area (Å²) >= 11 is 0. The molecule has 1 saturated heterocycles. The van der Waals surface area contributed by atoms with Crippen LogP contribution in [0.5, 0.6) is 5.88 Å². The lowest BCUT2D eigenvalue weighted by molar-refractivity contribution is -0.129. The van der Waals surface area contributed by atoms with Crippen molar-refractivity contribution >= 4 is 22.9 Å². The Bertz CT molecular complexity index is 1280. The quantitative estimate of drug-likeness (QED) is 0.357. The van der Waals surface area contributed by atoms with Gasteiger partial charge < -0.3 is 24.0 Å². The van der Waals surface area contributed by atoms with Crippen molar-refractivity contribution in [3.8, 4) is 17.0 Å². The number of fused-ring (bicyclic) bond motifs is 1. The van der Waals surface area contributed by atoms with Crippen LogP contribution in [0.25, 0.3) is 22.3 Å². The summed E-state index contributed by atoms with van der Waals surface area (Å²) in [4.78, 5) is 43.2. The zero-order valence-corrected chi connectivity index (χ0v) is 21.8. The average molecular weight is 511 g/mol. The number of aromatic nitrogens is 4. The van der Waals surface area contributed by atoms with Crippen molar-refractivity contribution in [3.05, 3.63) is 40.9 Å². The van der Waals surface area contributed by atoms with Gasteiger partial charge in [0.1, 0.15) is 0 Å². The van der Waals surface area contributed by atoms with Gasteiger partial charge >= 0.3 is 0 Å². The smallest absolute Gasteiger partial charge is 0.294 e. The van der Waals surface area contributed by atoms with Crippen LogP contribution in [0.4, 0.5) is 5.82 Å². The Labute approximate surface area is 216 Å². The Morgan fingerprint density at radius 3 is 2.65 bits per heavy atom. The van der Waals surface area contributed by atoms with E-state index in [0.29, 0.717) is 49.9 Å². The van der Waals surface area contributed by atoms with Crippen molar-refractivity contribution in [1.82, 2.24) is 24.4 Å². The fourth-order valence-electron chi connectivity index (χ4n) is 4.34. The van der Waals surface area contributed by atoms with Crippen molar-refractivity contribution in [2.24, 2.45) is 0 Å². The summed E-state index contributed by atoms with van der Waals surface area (Å²) in [6.07, 6.45) is 5.14. The first-order chi connectivity index (χ1) is 17.9. The molecule has 1 aliphatic rings. The first-order valence-electron chi connectivity index (χ1n) is 12.5. The Balaban J connectivity index is 1.66. The largest absolute Gasteiger partial charge is 0.481 e. The molecule has 0 saturated carbocycles. The fourth-order valence-corrected chi connectivity index (χ4v) is 4.34. The molecule has 198 valence electrons. The Hall–Kier alpha value is -3.57.